The maximum atomic E-state index is 12.8. The number of hydrogen-bond donors (Lipinski definition) is 0. The van der Waals surface area contributed by atoms with Crippen molar-refractivity contribution in [2.75, 3.05) is 0 Å². The van der Waals surface area contributed by atoms with Gasteiger partial charge in [0, 0.05) is 10.7 Å². The van der Waals surface area contributed by atoms with E-state index in [1.54, 1.807) is 6.92 Å². The first-order valence-electron chi connectivity index (χ1n) is 4.65. The number of nitrogens with zero attached hydrogens (tertiary/aromatic N) is 2. The zero-order valence-corrected chi connectivity index (χ0v) is 10.3. The Morgan fingerprint density at radius 2 is 1.88 bits per heavy atom. The van der Waals surface area contributed by atoms with Crippen LogP contribution in [0.3, 0.4) is 0 Å². The molecule has 0 amide bonds. The van der Waals surface area contributed by atoms with E-state index in [-0.39, 0.29) is 10.7 Å². The first-order chi connectivity index (χ1) is 7.89. The molecule has 0 radical (unpaired) electrons. The van der Waals surface area contributed by atoms with E-state index in [0.717, 1.165) is 0 Å². The van der Waals surface area contributed by atoms with Gasteiger partial charge in [0.2, 0.25) is 0 Å². The molecule has 4 nitrogen and oxygen atoms in total. The van der Waals surface area contributed by atoms with Crippen molar-refractivity contribution in [3.8, 4) is 5.69 Å². The summed E-state index contributed by atoms with van der Waals surface area (Å²) in [6, 6.07) is 5.54. The molecule has 0 fully saturated rings. The standard InChI is InChI=1S/C10H8ClFN2O2S/c1-7-10(17(11,15)16)6-13-14(7)9-4-2-8(12)3-5-9/h2-6H,1H3. The number of aromatic nitrogens is 2. The van der Waals surface area contributed by atoms with Crippen molar-refractivity contribution < 1.29 is 12.8 Å². The van der Waals surface area contributed by atoms with Gasteiger partial charge in [-0.15, -0.1) is 0 Å². The topological polar surface area (TPSA) is 52.0 Å². The first-order valence-corrected chi connectivity index (χ1v) is 6.96. The summed E-state index contributed by atoms with van der Waals surface area (Å²) in [5.41, 5.74) is 0.946. The highest BCUT2D eigenvalue weighted by Gasteiger charge is 2.18. The number of benzene rings is 1. The summed E-state index contributed by atoms with van der Waals surface area (Å²) in [6.07, 6.45) is 1.17. The van der Waals surface area contributed by atoms with Gasteiger partial charge >= 0.3 is 0 Å². The maximum Gasteiger partial charge on any atom is 0.264 e. The van der Waals surface area contributed by atoms with Gasteiger partial charge in [0.05, 0.1) is 17.6 Å². The van der Waals surface area contributed by atoms with Gasteiger partial charge in [-0.1, -0.05) is 0 Å². The fraction of sp³-hybridized carbons (Fsp3) is 0.100. The van der Waals surface area contributed by atoms with Crippen LogP contribution in [0.5, 0.6) is 0 Å². The molecule has 0 unspecified atom stereocenters. The lowest BCUT2D eigenvalue weighted by molar-refractivity contribution is 0.608. The molecule has 2 rings (SSSR count). The van der Waals surface area contributed by atoms with Gasteiger partial charge in [0.25, 0.3) is 9.05 Å². The van der Waals surface area contributed by atoms with Gasteiger partial charge in [-0.3, -0.25) is 0 Å². The van der Waals surface area contributed by atoms with Crippen LogP contribution in [0.2, 0.25) is 0 Å². The quantitative estimate of drug-likeness (QED) is 0.789. The molecule has 0 saturated heterocycles. The highest BCUT2D eigenvalue weighted by atomic mass is 35.7. The van der Waals surface area contributed by atoms with Gasteiger partial charge in [-0.05, 0) is 31.2 Å². The summed E-state index contributed by atoms with van der Waals surface area (Å²) in [5.74, 6) is -0.372. The third kappa shape index (κ3) is 2.32. The molecule has 1 heterocycles. The molecule has 1 aromatic carbocycles. The third-order valence-corrected chi connectivity index (χ3v) is 3.72. The fourth-order valence-corrected chi connectivity index (χ4v) is 2.54. The van der Waals surface area contributed by atoms with E-state index in [1.165, 1.54) is 35.1 Å². The average molecular weight is 275 g/mol. The minimum Gasteiger partial charge on any atom is -0.237 e. The van der Waals surface area contributed by atoms with Crippen LogP contribution in [-0.2, 0) is 9.05 Å². The summed E-state index contributed by atoms with van der Waals surface area (Å²) >= 11 is 0. The van der Waals surface area contributed by atoms with Gasteiger partial charge in [-0.25, -0.2) is 17.5 Å². The Morgan fingerprint density at radius 3 is 2.35 bits per heavy atom. The molecule has 0 atom stereocenters. The van der Waals surface area contributed by atoms with Crippen LogP contribution in [0.25, 0.3) is 5.69 Å². The second-order valence-electron chi connectivity index (χ2n) is 3.42. The van der Waals surface area contributed by atoms with Crippen LogP contribution in [0, 0.1) is 12.7 Å². The minimum absolute atomic E-state index is 0.0523. The van der Waals surface area contributed by atoms with Crippen molar-refractivity contribution in [3.05, 3.63) is 42.0 Å². The van der Waals surface area contributed by atoms with Crippen molar-refractivity contribution in [3.63, 3.8) is 0 Å². The zero-order chi connectivity index (χ0) is 12.6. The smallest absolute Gasteiger partial charge is 0.237 e. The van der Waals surface area contributed by atoms with E-state index in [2.05, 4.69) is 5.10 Å². The second-order valence-corrected chi connectivity index (χ2v) is 5.95. The Morgan fingerprint density at radius 1 is 1.29 bits per heavy atom. The molecule has 0 N–H and O–H groups in total. The van der Waals surface area contributed by atoms with Crippen LogP contribution in [0.15, 0.2) is 35.4 Å². The molecule has 7 heteroatoms. The van der Waals surface area contributed by atoms with Crippen LogP contribution < -0.4 is 0 Å². The van der Waals surface area contributed by atoms with Crippen LogP contribution in [0.4, 0.5) is 4.39 Å². The minimum atomic E-state index is -3.81. The number of halogens is 2. The number of rotatable bonds is 2. The zero-order valence-electron chi connectivity index (χ0n) is 8.76. The van der Waals surface area contributed by atoms with Gasteiger partial charge in [0.15, 0.2) is 0 Å². The summed E-state index contributed by atoms with van der Waals surface area (Å²) in [5, 5.41) is 3.91. The third-order valence-electron chi connectivity index (χ3n) is 2.30. The first kappa shape index (κ1) is 12.1. The summed E-state index contributed by atoms with van der Waals surface area (Å²) < 4.78 is 36.5. The van der Waals surface area contributed by atoms with E-state index in [4.69, 9.17) is 10.7 Å². The summed E-state index contributed by atoms with van der Waals surface area (Å²) in [7, 11) is 1.43. The van der Waals surface area contributed by atoms with Crippen molar-refractivity contribution in [2.24, 2.45) is 0 Å². The van der Waals surface area contributed by atoms with Crippen LogP contribution >= 0.6 is 10.7 Å². The lowest BCUT2D eigenvalue weighted by Gasteiger charge is -2.04. The average Bonchev–Trinajstić information content (AvgIpc) is 2.61. The number of hydrogen-bond acceptors (Lipinski definition) is 3. The second kappa shape index (κ2) is 4.12. The van der Waals surface area contributed by atoms with E-state index < -0.39 is 9.05 Å². The lowest BCUT2D eigenvalue weighted by Crippen LogP contribution is -2.00. The molecule has 0 spiro atoms. The van der Waals surface area contributed by atoms with Gasteiger partial charge in [-0.2, -0.15) is 5.10 Å². The van der Waals surface area contributed by atoms with Crippen LogP contribution in [-0.4, -0.2) is 18.2 Å². The fourth-order valence-electron chi connectivity index (χ4n) is 1.48. The molecule has 0 bridgehead atoms. The Labute approximate surface area is 102 Å². The highest BCUT2D eigenvalue weighted by molar-refractivity contribution is 8.13. The maximum absolute atomic E-state index is 12.8. The van der Waals surface area contributed by atoms with Gasteiger partial charge in [0.1, 0.15) is 10.7 Å². The summed E-state index contributed by atoms with van der Waals surface area (Å²) in [6.45, 7) is 1.58. The SMILES string of the molecule is Cc1c(S(=O)(=O)Cl)cnn1-c1ccc(F)cc1. The van der Waals surface area contributed by atoms with E-state index in [9.17, 15) is 12.8 Å². The van der Waals surface area contributed by atoms with Crippen LogP contribution in [0.1, 0.15) is 5.69 Å². The van der Waals surface area contributed by atoms with Crippen molar-refractivity contribution >= 4 is 19.7 Å². The van der Waals surface area contributed by atoms with Gasteiger partial charge < -0.3 is 0 Å². The van der Waals surface area contributed by atoms with E-state index >= 15 is 0 Å². The predicted molar refractivity (Wildman–Crippen MR) is 61.3 cm³/mol. The van der Waals surface area contributed by atoms with Crippen molar-refractivity contribution in [2.45, 2.75) is 11.8 Å². The lowest BCUT2D eigenvalue weighted by atomic mass is 10.3. The Bertz CT molecular complexity index is 649. The molecule has 2 aromatic rings. The normalized spacial score (nSPS) is 11.7. The van der Waals surface area contributed by atoms with E-state index in [1.807, 2.05) is 0 Å². The van der Waals surface area contributed by atoms with Crippen molar-refractivity contribution in [1.29, 1.82) is 0 Å². The Balaban J connectivity index is 2.55. The Hall–Kier alpha value is -1.40. The van der Waals surface area contributed by atoms with Crippen molar-refractivity contribution in [1.82, 2.24) is 9.78 Å². The molecule has 0 aliphatic rings. The largest absolute Gasteiger partial charge is 0.264 e. The molecule has 0 aliphatic heterocycles. The molecular weight excluding hydrogens is 267 g/mol. The molecule has 0 aliphatic carbocycles. The molecule has 17 heavy (non-hydrogen) atoms. The molecule has 0 saturated carbocycles. The predicted octanol–water partition coefficient (Wildman–Crippen LogP) is 2.25. The summed E-state index contributed by atoms with van der Waals surface area (Å²) in [4.78, 5) is -0.0523. The van der Waals surface area contributed by atoms with E-state index in [0.29, 0.717) is 11.4 Å². The molecule has 90 valence electrons. The molecular formula is C10H8ClFN2O2S. The molecule has 1 aromatic heterocycles. The monoisotopic (exact) mass is 274 g/mol. The highest BCUT2D eigenvalue weighted by Crippen LogP contribution is 2.21. The Kier molecular flexibility index (Phi) is 2.92.